The Morgan fingerprint density at radius 3 is 2.21 bits per heavy atom. The first kappa shape index (κ1) is 21.2. The molecule has 1 heterocycles. The Bertz CT molecular complexity index is 757. The highest BCUT2D eigenvalue weighted by atomic mass is 16.6. The number of nitrogens with zero attached hydrogens (tertiary/aromatic N) is 1. The molecule has 0 bridgehead atoms. The summed E-state index contributed by atoms with van der Waals surface area (Å²) in [7, 11) is 0. The Kier molecular flexibility index (Phi) is 6.27. The number of ether oxygens (including phenoxy) is 1. The molecule has 0 aromatic heterocycles. The van der Waals surface area contributed by atoms with Crippen molar-refractivity contribution in [2.24, 2.45) is 5.92 Å². The van der Waals surface area contributed by atoms with E-state index in [1.807, 2.05) is 0 Å². The van der Waals surface area contributed by atoms with Crippen LogP contribution in [0.2, 0.25) is 0 Å². The average molecular weight is 392 g/mol. The van der Waals surface area contributed by atoms with Gasteiger partial charge < -0.3 is 25.2 Å². The molecule has 0 saturated carbocycles. The fraction of sp³-hybridized carbons (Fsp3) is 0.474. The first-order valence-corrected chi connectivity index (χ1v) is 8.78. The van der Waals surface area contributed by atoms with Crippen molar-refractivity contribution in [1.82, 2.24) is 10.2 Å². The van der Waals surface area contributed by atoms with Crippen LogP contribution in [0, 0.1) is 5.92 Å². The van der Waals surface area contributed by atoms with Crippen LogP contribution in [0.4, 0.5) is 4.79 Å². The molecule has 1 aromatic rings. The van der Waals surface area contributed by atoms with Crippen LogP contribution < -0.4 is 5.32 Å². The second-order valence-electron chi connectivity index (χ2n) is 7.57. The third-order valence-corrected chi connectivity index (χ3v) is 4.36. The van der Waals surface area contributed by atoms with Crippen LogP contribution >= 0.6 is 0 Å². The van der Waals surface area contributed by atoms with Gasteiger partial charge in [0, 0.05) is 12.5 Å². The second kappa shape index (κ2) is 8.28. The predicted molar refractivity (Wildman–Crippen MR) is 97.7 cm³/mol. The summed E-state index contributed by atoms with van der Waals surface area (Å²) in [6.45, 7) is 4.24. The van der Waals surface area contributed by atoms with Gasteiger partial charge in [-0.1, -0.05) is 30.3 Å². The Labute approximate surface area is 162 Å². The summed E-state index contributed by atoms with van der Waals surface area (Å²) in [5.41, 5.74) is -0.227. The number of rotatable bonds is 5. The van der Waals surface area contributed by atoms with E-state index in [1.165, 1.54) is 0 Å². The Hall–Kier alpha value is -3.10. The SMILES string of the molecule is CC(C)(C)OC(=O)NCC(=O)N1CC(C(=O)O)C(c2ccccc2)C1C(=O)O. The maximum Gasteiger partial charge on any atom is 0.408 e. The van der Waals surface area contributed by atoms with E-state index >= 15 is 0 Å². The molecule has 9 heteroatoms. The van der Waals surface area contributed by atoms with Crippen molar-refractivity contribution in [3.8, 4) is 0 Å². The van der Waals surface area contributed by atoms with E-state index in [4.69, 9.17) is 4.74 Å². The molecule has 28 heavy (non-hydrogen) atoms. The number of benzene rings is 1. The molecule has 1 aliphatic rings. The average Bonchev–Trinajstić information content (AvgIpc) is 3.00. The van der Waals surface area contributed by atoms with E-state index < -0.39 is 54.0 Å². The summed E-state index contributed by atoms with van der Waals surface area (Å²) in [4.78, 5) is 48.9. The van der Waals surface area contributed by atoms with Gasteiger partial charge in [0.15, 0.2) is 0 Å². The molecule has 2 rings (SSSR count). The van der Waals surface area contributed by atoms with Gasteiger partial charge in [0.2, 0.25) is 5.91 Å². The number of likely N-dealkylation sites (tertiary alicyclic amines) is 1. The molecular weight excluding hydrogens is 368 g/mol. The minimum Gasteiger partial charge on any atom is -0.481 e. The van der Waals surface area contributed by atoms with Crippen molar-refractivity contribution in [3.05, 3.63) is 35.9 Å². The Morgan fingerprint density at radius 2 is 1.71 bits per heavy atom. The molecule has 3 atom stereocenters. The van der Waals surface area contributed by atoms with Crippen molar-refractivity contribution in [1.29, 1.82) is 0 Å². The summed E-state index contributed by atoms with van der Waals surface area (Å²) in [5.74, 6) is -5.16. The molecular formula is C19H24N2O7. The van der Waals surface area contributed by atoms with Crippen LogP contribution in [0.1, 0.15) is 32.3 Å². The van der Waals surface area contributed by atoms with Crippen molar-refractivity contribution in [3.63, 3.8) is 0 Å². The number of hydrogen-bond acceptors (Lipinski definition) is 5. The summed E-state index contributed by atoms with van der Waals surface area (Å²) in [6, 6.07) is 7.03. The number of amides is 2. The van der Waals surface area contributed by atoms with Crippen molar-refractivity contribution < 1.29 is 34.1 Å². The Morgan fingerprint density at radius 1 is 1.11 bits per heavy atom. The fourth-order valence-corrected chi connectivity index (χ4v) is 3.28. The zero-order valence-electron chi connectivity index (χ0n) is 15.9. The van der Waals surface area contributed by atoms with Crippen LogP contribution in [0.3, 0.4) is 0 Å². The summed E-state index contributed by atoms with van der Waals surface area (Å²) in [6.07, 6.45) is -0.818. The molecule has 1 fully saturated rings. The molecule has 3 unspecified atom stereocenters. The number of hydrogen-bond donors (Lipinski definition) is 3. The van der Waals surface area contributed by atoms with E-state index in [0.29, 0.717) is 5.56 Å². The van der Waals surface area contributed by atoms with Crippen molar-refractivity contribution in [2.75, 3.05) is 13.1 Å². The highest BCUT2D eigenvalue weighted by Crippen LogP contribution is 2.38. The molecule has 152 valence electrons. The zero-order chi connectivity index (χ0) is 21.1. The molecule has 3 N–H and O–H groups in total. The molecule has 1 aromatic carbocycles. The van der Waals surface area contributed by atoms with E-state index in [9.17, 15) is 29.4 Å². The first-order chi connectivity index (χ1) is 13.0. The van der Waals surface area contributed by atoms with Gasteiger partial charge >= 0.3 is 18.0 Å². The lowest BCUT2D eigenvalue weighted by Crippen LogP contribution is -2.47. The first-order valence-electron chi connectivity index (χ1n) is 8.78. The quantitative estimate of drug-likeness (QED) is 0.687. The third-order valence-electron chi connectivity index (χ3n) is 4.36. The number of carbonyl (C=O) groups is 4. The van der Waals surface area contributed by atoms with E-state index in [-0.39, 0.29) is 6.54 Å². The maximum atomic E-state index is 12.6. The Balaban J connectivity index is 2.21. The highest BCUT2D eigenvalue weighted by molar-refractivity contribution is 5.90. The van der Waals surface area contributed by atoms with Crippen LogP contribution in [-0.2, 0) is 19.1 Å². The van der Waals surface area contributed by atoms with Gasteiger partial charge in [-0.05, 0) is 26.3 Å². The lowest BCUT2D eigenvalue weighted by Gasteiger charge is -2.25. The highest BCUT2D eigenvalue weighted by Gasteiger charge is 2.51. The monoisotopic (exact) mass is 392 g/mol. The minimum absolute atomic E-state index is 0.263. The van der Waals surface area contributed by atoms with Crippen molar-refractivity contribution in [2.45, 2.75) is 38.3 Å². The third kappa shape index (κ3) is 4.99. The van der Waals surface area contributed by atoms with Gasteiger partial charge in [0.05, 0.1) is 5.92 Å². The normalized spacial score (nSPS) is 21.8. The van der Waals surface area contributed by atoms with Crippen LogP contribution in [-0.4, -0.2) is 63.8 Å². The van der Waals surface area contributed by atoms with E-state index in [2.05, 4.69) is 5.32 Å². The van der Waals surface area contributed by atoms with Gasteiger partial charge in [-0.25, -0.2) is 9.59 Å². The fourth-order valence-electron chi connectivity index (χ4n) is 3.28. The lowest BCUT2D eigenvalue weighted by atomic mass is 9.84. The van der Waals surface area contributed by atoms with Crippen LogP contribution in [0.15, 0.2) is 30.3 Å². The standard InChI is InChI=1S/C19H24N2O7/c1-19(2,3)28-18(27)20-9-13(22)21-10-12(16(23)24)14(15(21)17(25)26)11-7-5-4-6-8-11/h4-8,12,14-15H,9-10H2,1-3H3,(H,20,27)(H,23,24)(H,25,26). The van der Waals surface area contributed by atoms with Crippen molar-refractivity contribution >= 4 is 23.9 Å². The lowest BCUT2D eigenvalue weighted by molar-refractivity contribution is -0.148. The number of carboxylic acid groups (broad SMARTS) is 2. The number of aliphatic carboxylic acids is 2. The molecule has 1 aliphatic heterocycles. The maximum absolute atomic E-state index is 12.6. The summed E-state index contributed by atoms with van der Waals surface area (Å²) < 4.78 is 5.04. The molecule has 2 amide bonds. The van der Waals surface area contributed by atoms with Gasteiger partial charge in [-0.15, -0.1) is 0 Å². The molecule has 0 radical (unpaired) electrons. The molecule has 0 aliphatic carbocycles. The second-order valence-corrected chi connectivity index (χ2v) is 7.57. The number of nitrogens with one attached hydrogen (secondary N) is 1. The van der Waals surface area contributed by atoms with E-state index in [1.54, 1.807) is 51.1 Å². The molecule has 9 nitrogen and oxygen atoms in total. The summed E-state index contributed by atoms with van der Waals surface area (Å²) >= 11 is 0. The number of carbonyl (C=O) groups excluding carboxylic acids is 2. The van der Waals surface area contributed by atoms with Gasteiger partial charge in [0.25, 0.3) is 0 Å². The van der Waals surface area contributed by atoms with Gasteiger partial charge in [0.1, 0.15) is 18.2 Å². The molecule has 1 saturated heterocycles. The van der Waals surface area contributed by atoms with E-state index in [0.717, 1.165) is 4.90 Å². The minimum atomic E-state index is -1.35. The summed E-state index contributed by atoms with van der Waals surface area (Å²) in [5, 5.41) is 21.5. The largest absolute Gasteiger partial charge is 0.481 e. The topological polar surface area (TPSA) is 133 Å². The molecule has 0 spiro atoms. The zero-order valence-corrected chi connectivity index (χ0v) is 15.9. The predicted octanol–water partition coefficient (Wildman–Crippen LogP) is 1.29. The van der Waals surface area contributed by atoms with Gasteiger partial charge in [-0.3, -0.25) is 9.59 Å². The number of alkyl carbamates (subject to hydrolysis) is 1. The smallest absolute Gasteiger partial charge is 0.408 e. The van der Waals surface area contributed by atoms with Gasteiger partial charge in [-0.2, -0.15) is 0 Å². The van der Waals surface area contributed by atoms with Crippen LogP contribution in [0.25, 0.3) is 0 Å². The van der Waals surface area contributed by atoms with Crippen LogP contribution in [0.5, 0.6) is 0 Å². The number of carboxylic acids is 2.